The molecule has 2 N–H and O–H groups in total. The molecule has 3 aromatic rings. The number of rotatable bonds is 5. The number of ether oxygens (including phenoxy) is 1. The van der Waals surface area contributed by atoms with Crippen molar-refractivity contribution in [1.82, 2.24) is 14.9 Å². The van der Waals surface area contributed by atoms with Crippen LogP contribution in [-0.4, -0.2) is 50.6 Å². The first-order valence-electron chi connectivity index (χ1n) is 14.2. The number of carbonyl (C=O) groups excluding carboxylic acids is 2. The van der Waals surface area contributed by atoms with E-state index in [0.717, 1.165) is 48.9 Å². The first-order chi connectivity index (χ1) is 19.6. The van der Waals surface area contributed by atoms with E-state index in [4.69, 9.17) is 21.3 Å². The molecular weight excluding hydrogens is 538 g/mol. The van der Waals surface area contributed by atoms with Gasteiger partial charge in [-0.15, -0.1) is 0 Å². The van der Waals surface area contributed by atoms with Crippen molar-refractivity contribution in [3.8, 4) is 0 Å². The summed E-state index contributed by atoms with van der Waals surface area (Å²) in [7, 11) is 0. The standard InChI is InChI=1S/C32H34ClN5O3/c1-32(2,3)41-31(40)36-21-11-8-20(9-12-21)29(39)38-23-13-14-24(38)17-22(16-23)35-30-34-18-27(33)28(37-30)26-15-10-19-6-4-5-7-25(19)26/h4-9,11-12,15,18,22-24H,10,13-14,16-17H2,1-3H3,(H,36,40)(H,34,35,37)/t22-,23+,24-. The van der Waals surface area contributed by atoms with Crippen LogP contribution < -0.4 is 10.6 Å². The highest BCUT2D eigenvalue weighted by Crippen LogP contribution is 2.39. The summed E-state index contributed by atoms with van der Waals surface area (Å²) >= 11 is 6.55. The molecule has 1 aromatic heterocycles. The number of amides is 2. The summed E-state index contributed by atoms with van der Waals surface area (Å²) in [6.45, 7) is 5.44. The third kappa shape index (κ3) is 5.79. The lowest BCUT2D eigenvalue weighted by atomic mass is 9.96. The Morgan fingerprint density at radius 2 is 1.73 bits per heavy atom. The molecule has 0 spiro atoms. The number of anilines is 2. The van der Waals surface area contributed by atoms with Gasteiger partial charge >= 0.3 is 6.09 Å². The van der Waals surface area contributed by atoms with Crippen molar-refractivity contribution >= 4 is 40.8 Å². The fraction of sp³-hybridized carbons (Fsp3) is 0.375. The molecule has 2 fully saturated rings. The Balaban J connectivity index is 1.10. The van der Waals surface area contributed by atoms with E-state index in [1.165, 1.54) is 5.56 Å². The molecule has 8 nitrogen and oxygen atoms in total. The number of carbonyl (C=O) groups is 2. The number of aromatic nitrogens is 2. The molecule has 212 valence electrons. The molecule has 2 saturated heterocycles. The van der Waals surface area contributed by atoms with Crippen LogP contribution in [-0.2, 0) is 11.2 Å². The Morgan fingerprint density at radius 3 is 2.44 bits per heavy atom. The quantitative estimate of drug-likeness (QED) is 0.353. The molecule has 1 aliphatic carbocycles. The number of fused-ring (bicyclic) bond motifs is 3. The van der Waals surface area contributed by atoms with Crippen molar-refractivity contribution < 1.29 is 14.3 Å². The zero-order valence-electron chi connectivity index (χ0n) is 23.5. The lowest BCUT2D eigenvalue weighted by Crippen LogP contribution is -2.49. The fourth-order valence-corrected chi connectivity index (χ4v) is 6.40. The lowest BCUT2D eigenvalue weighted by molar-refractivity contribution is 0.0581. The van der Waals surface area contributed by atoms with Crippen molar-refractivity contribution in [1.29, 1.82) is 0 Å². The molecule has 3 atom stereocenters. The first kappa shape index (κ1) is 27.3. The number of hydrogen-bond acceptors (Lipinski definition) is 6. The fourth-order valence-electron chi connectivity index (χ4n) is 6.21. The van der Waals surface area contributed by atoms with Gasteiger partial charge in [0.1, 0.15) is 5.60 Å². The normalized spacial score (nSPS) is 21.2. The van der Waals surface area contributed by atoms with Gasteiger partial charge in [-0.25, -0.2) is 14.8 Å². The predicted molar refractivity (Wildman–Crippen MR) is 160 cm³/mol. The van der Waals surface area contributed by atoms with Gasteiger partial charge in [-0.2, -0.15) is 0 Å². The highest BCUT2D eigenvalue weighted by atomic mass is 35.5. The average molecular weight is 572 g/mol. The van der Waals surface area contributed by atoms with Gasteiger partial charge in [0.2, 0.25) is 5.95 Å². The van der Waals surface area contributed by atoms with E-state index >= 15 is 0 Å². The predicted octanol–water partition coefficient (Wildman–Crippen LogP) is 6.71. The maximum absolute atomic E-state index is 13.5. The van der Waals surface area contributed by atoms with Crippen molar-refractivity contribution in [2.24, 2.45) is 0 Å². The molecule has 0 saturated carbocycles. The Labute approximate surface area is 245 Å². The second-order valence-corrected chi connectivity index (χ2v) is 12.4. The van der Waals surface area contributed by atoms with Crippen LogP contribution >= 0.6 is 11.6 Å². The molecule has 0 radical (unpaired) electrons. The van der Waals surface area contributed by atoms with E-state index in [9.17, 15) is 9.59 Å². The molecule has 3 aliphatic rings. The van der Waals surface area contributed by atoms with E-state index in [1.807, 2.05) is 31.7 Å². The molecule has 9 heteroatoms. The topological polar surface area (TPSA) is 96.5 Å². The number of hydrogen-bond donors (Lipinski definition) is 2. The summed E-state index contributed by atoms with van der Waals surface area (Å²) in [6, 6.07) is 15.8. The Kier molecular flexibility index (Phi) is 7.20. The van der Waals surface area contributed by atoms with Crippen LogP contribution in [0.2, 0.25) is 5.02 Å². The van der Waals surface area contributed by atoms with Gasteiger partial charge in [-0.05, 0) is 88.3 Å². The van der Waals surface area contributed by atoms with Crippen LogP contribution in [0.5, 0.6) is 0 Å². The van der Waals surface area contributed by atoms with Crippen LogP contribution in [0.4, 0.5) is 16.4 Å². The largest absolute Gasteiger partial charge is 0.444 e. The van der Waals surface area contributed by atoms with E-state index < -0.39 is 11.7 Å². The zero-order chi connectivity index (χ0) is 28.7. The minimum atomic E-state index is -0.581. The second kappa shape index (κ2) is 10.8. The van der Waals surface area contributed by atoms with E-state index in [2.05, 4.69) is 39.9 Å². The minimum Gasteiger partial charge on any atom is -0.444 e. The third-order valence-electron chi connectivity index (χ3n) is 7.91. The van der Waals surface area contributed by atoms with Crippen LogP contribution in [0.1, 0.15) is 73.6 Å². The number of piperidine rings is 1. The molecule has 2 aliphatic heterocycles. The Hall–Kier alpha value is -3.91. The van der Waals surface area contributed by atoms with Crippen molar-refractivity contribution in [2.45, 2.75) is 76.6 Å². The highest BCUT2D eigenvalue weighted by molar-refractivity contribution is 6.32. The summed E-state index contributed by atoms with van der Waals surface area (Å²) in [4.78, 5) is 36.9. The number of halogens is 1. The monoisotopic (exact) mass is 571 g/mol. The van der Waals surface area contributed by atoms with Gasteiger partial charge in [0.15, 0.2) is 0 Å². The summed E-state index contributed by atoms with van der Waals surface area (Å²) in [6.07, 6.45) is 7.79. The SMILES string of the molecule is CC(C)(C)OC(=O)Nc1ccc(C(=O)N2[C@@H]3CC[C@H]2C[C@@H](Nc2ncc(Cl)c(C4=CCc5ccccc54)n2)C3)cc1. The van der Waals surface area contributed by atoms with Crippen LogP contribution in [0, 0.1) is 0 Å². The maximum Gasteiger partial charge on any atom is 0.412 e. The van der Waals surface area contributed by atoms with Crippen LogP contribution in [0.3, 0.4) is 0 Å². The molecule has 2 amide bonds. The van der Waals surface area contributed by atoms with E-state index in [1.54, 1.807) is 30.5 Å². The van der Waals surface area contributed by atoms with Gasteiger partial charge in [-0.1, -0.05) is 41.9 Å². The smallest absolute Gasteiger partial charge is 0.412 e. The maximum atomic E-state index is 13.5. The van der Waals surface area contributed by atoms with Gasteiger partial charge in [0.25, 0.3) is 5.91 Å². The first-order valence-corrected chi connectivity index (χ1v) is 14.5. The van der Waals surface area contributed by atoms with E-state index in [-0.39, 0.29) is 24.0 Å². The summed E-state index contributed by atoms with van der Waals surface area (Å²) in [5, 5.41) is 6.79. The molecule has 41 heavy (non-hydrogen) atoms. The third-order valence-corrected chi connectivity index (χ3v) is 8.19. The molecule has 0 unspecified atom stereocenters. The van der Waals surface area contributed by atoms with E-state index in [0.29, 0.717) is 22.2 Å². The highest BCUT2D eigenvalue weighted by Gasteiger charge is 2.43. The van der Waals surface area contributed by atoms with Gasteiger partial charge in [0.05, 0.1) is 16.9 Å². The molecule has 6 rings (SSSR count). The van der Waals surface area contributed by atoms with Crippen LogP contribution in [0.25, 0.3) is 5.57 Å². The van der Waals surface area contributed by atoms with Crippen molar-refractivity contribution in [2.75, 3.05) is 10.6 Å². The number of allylic oxidation sites excluding steroid dienone is 1. The second-order valence-electron chi connectivity index (χ2n) is 12.0. The van der Waals surface area contributed by atoms with Gasteiger partial charge in [0, 0.05) is 34.9 Å². The van der Waals surface area contributed by atoms with Gasteiger partial charge in [-0.3, -0.25) is 10.1 Å². The van der Waals surface area contributed by atoms with Crippen molar-refractivity contribution in [3.63, 3.8) is 0 Å². The zero-order valence-corrected chi connectivity index (χ0v) is 24.2. The number of nitrogens with one attached hydrogen (secondary N) is 2. The molecule has 2 bridgehead atoms. The molecular formula is C32H34ClN5O3. The Bertz CT molecular complexity index is 1500. The Morgan fingerprint density at radius 1 is 1.02 bits per heavy atom. The summed E-state index contributed by atoms with van der Waals surface area (Å²) in [5.74, 6) is 0.587. The number of benzene rings is 2. The van der Waals surface area contributed by atoms with Gasteiger partial charge < -0.3 is 15.0 Å². The summed E-state index contributed by atoms with van der Waals surface area (Å²) < 4.78 is 5.31. The molecule has 3 heterocycles. The lowest BCUT2D eigenvalue weighted by Gasteiger charge is -2.39. The van der Waals surface area contributed by atoms with Crippen LogP contribution in [0.15, 0.2) is 60.8 Å². The van der Waals surface area contributed by atoms with Crippen molar-refractivity contribution in [3.05, 3.63) is 88.2 Å². The minimum absolute atomic E-state index is 0.0247. The molecule has 2 aromatic carbocycles. The number of nitrogens with zero attached hydrogens (tertiary/aromatic N) is 3. The average Bonchev–Trinajstić information content (AvgIpc) is 3.47. The summed E-state index contributed by atoms with van der Waals surface area (Å²) in [5.41, 5.74) is 4.84.